The molecule has 1 atom stereocenters. The highest BCUT2D eigenvalue weighted by Gasteiger charge is 2.55. The Bertz CT molecular complexity index is 648. The molecule has 26 heavy (non-hydrogen) atoms. The monoisotopic (exact) mass is 355 g/mol. The molecule has 4 nitrogen and oxygen atoms in total. The number of nitrogens with zero attached hydrogens (tertiary/aromatic N) is 1. The SMILES string of the molecule is COc1ccc(C2CN(C(=O)C34CC5CC(CC(C5)C3)C4)CCO2)cc1. The van der Waals surface area contributed by atoms with Crippen molar-refractivity contribution in [1.29, 1.82) is 0 Å². The van der Waals surface area contributed by atoms with Gasteiger partial charge in [0.05, 0.1) is 25.7 Å². The lowest BCUT2D eigenvalue weighted by Crippen LogP contribution is -2.56. The predicted molar refractivity (Wildman–Crippen MR) is 98.9 cm³/mol. The number of benzene rings is 1. The van der Waals surface area contributed by atoms with E-state index in [1.165, 1.54) is 19.3 Å². The van der Waals surface area contributed by atoms with Crippen LogP contribution in [-0.4, -0.2) is 37.6 Å². The van der Waals surface area contributed by atoms with Gasteiger partial charge in [0, 0.05) is 6.54 Å². The zero-order valence-corrected chi connectivity index (χ0v) is 15.7. The number of ether oxygens (including phenoxy) is 2. The molecule has 4 heteroatoms. The minimum absolute atomic E-state index is 0.0208. The van der Waals surface area contributed by atoms with Crippen LogP contribution in [0, 0.1) is 23.2 Å². The first-order valence-corrected chi connectivity index (χ1v) is 10.2. The largest absolute Gasteiger partial charge is 0.497 e. The molecule has 0 aromatic heterocycles. The highest BCUT2D eigenvalue weighted by atomic mass is 16.5. The van der Waals surface area contributed by atoms with Gasteiger partial charge < -0.3 is 14.4 Å². The zero-order valence-electron chi connectivity index (χ0n) is 15.7. The molecular formula is C22H29NO3. The van der Waals surface area contributed by atoms with Crippen molar-refractivity contribution in [3.05, 3.63) is 29.8 Å². The quantitative estimate of drug-likeness (QED) is 0.827. The number of carbonyl (C=O) groups excluding carboxylic acids is 1. The van der Waals surface area contributed by atoms with E-state index in [2.05, 4.69) is 17.0 Å². The molecule has 5 fully saturated rings. The van der Waals surface area contributed by atoms with E-state index >= 15 is 0 Å². The average Bonchev–Trinajstić information content (AvgIpc) is 2.66. The van der Waals surface area contributed by atoms with Gasteiger partial charge in [0.1, 0.15) is 11.9 Å². The lowest BCUT2D eigenvalue weighted by atomic mass is 9.49. The number of hydrogen-bond donors (Lipinski definition) is 0. The van der Waals surface area contributed by atoms with E-state index in [-0.39, 0.29) is 11.5 Å². The first kappa shape index (κ1) is 16.6. The number of hydrogen-bond acceptors (Lipinski definition) is 3. The van der Waals surface area contributed by atoms with Gasteiger partial charge in [0.25, 0.3) is 0 Å². The summed E-state index contributed by atoms with van der Waals surface area (Å²) in [5.41, 5.74) is 1.09. The zero-order chi connectivity index (χ0) is 17.7. The van der Waals surface area contributed by atoms with Gasteiger partial charge in [-0.1, -0.05) is 12.1 Å². The Hall–Kier alpha value is -1.55. The Morgan fingerprint density at radius 2 is 1.69 bits per heavy atom. The Morgan fingerprint density at radius 1 is 1.08 bits per heavy atom. The standard InChI is InChI=1S/C22H29NO3/c1-25-19-4-2-18(3-5-19)20-14-23(6-7-26-20)21(24)22-11-15-8-16(12-22)10-17(9-15)13-22/h2-5,15-17,20H,6-14H2,1H3. The van der Waals surface area contributed by atoms with Crippen molar-refractivity contribution in [1.82, 2.24) is 4.90 Å². The average molecular weight is 355 g/mol. The normalized spacial score (nSPS) is 38.4. The van der Waals surface area contributed by atoms with Crippen LogP contribution in [0.2, 0.25) is 0 Å². The summed E-state index contributed by atoms with van der Waals surface area (Å²) in [6, 6.07) is 8.06. The highest BCUT2D eigenvalue weighted by Crippen LogP contribution is 2.60. The summed E-state index contributed by atoms with van der Waals surface area (Å²) in [5, 5.41) is 0. The fraction of sp³-hybridized carbons (Fsp3) is 0.682. The molecule has 1 aliphatic heterocycles. The molecule has 4 saturated carbocycles. The first-order valence-electron chi connectivity index (χ1n) is 10.2. The summed E-state index contributed by atoms with van der Waals surface area (Å²) in [6.45, 7) is 2.06. The first-order chi connectivity index (χ1) is 12.6. The highest BCUT2D eigenvalue weighted by molar-refractivity contribution is 5.83. The van der Waals surface area contributed by atoms with E-state index in [0.717, 1.165) is 54.9 Å². The summed E-state index contributed by atoms with van der Waals surface area (Å²) in [7, 11) is 1.68. The third kappa shape index (κ3) is 2.74. The van der Waals surface area contributed by atoms with Gasteiger partial charge in [-0.3, -0.25) is 4.79 Å². The van der Waals surface area contributed by atoms with Crippen molar-refractivity contribution in [3.8, 4) is 5.75 Å². The number of methoxy groups -OCH3 is 1. The van der Waals surface area contributed by atoms with E-state index < -0.39 is 0 Å². The Kier molecular flexibility index (Phi) is 4.00. The summed E-state index contributed by atoms with van der Waals surface area (Å²) in [4.78, 5) is 15.7. The lowest BCUT2D eigenvalue weighted by molar-refractivity contribution is -0.164. The van der Waals surface area contributed by atoms with Crippen molar-refractivity contribution < 1.29 is 14.3 Å². The Balaban J connectivity index is 1.32. The van der Waals surface area contributed by atoms with Gasteiger partial charge in [0.2, 0.25) is 5.91 Å². The second kappa shape index (κ2) is 6.26. The summed E-state index contributed by atoms with van der Waals surface area (Å²) in [6.07, 6.45) is 7.54. The summed E-state index contributed by atoms with van der Waals surface area (Å²) in [5.74, 6) is 3.71. The van der Waals surface area contributed by atoms with Crippen LogP contribution in [0.15, 0.2) is 24.3 Å². The van der Waals surface area contributed by atoms with Crippen LogP contribution in [0.25, 0.3) is 0 Å². The summed E-state index contributed by atoms with van der Waals surface area (Å²) >= 11 is 0. The molecule has 1 aromatic rings. The molecule has 1 aromatic carbocycles. The fourth-order valence-corrected chi connectivity index (χ4v) is 6.56. The van der Waals surface area contributed by atoms with Gasteiger partial charge in [-0.05, 0) is 74.0 Å². The molecule has 6 rings (SSSR count). The Labute approximate surface area is 155 Å². The molecule has 0 radical (unpaired) electrons. The lowest BCUT2D eigenvalue weighted by Gasteiger charge is -2.57. The van der Waals surface area contributed by atoms with E-state index in [4.69, 9.17) is 9.47 Å². The molecule has 1 heterocycles. The van der Waals surface area contributed by atoms with Gasteiger partial charge in [0.15, 0.2) is 0 Å². The van der Waals surface area contributed by atoms with Crippen LogP contribution in [0.3, 0.4) is 0 Å². The van der Waals surface area contributed by atoms with Crippen LogP contribution in [0.1, 0.15) is 50.2 Å². The molecule has 1 saturated heterocycles. The molecule has 4 bridgehead atoms. The molecular weight excluding hydrogens is 326 g/mol. The van der Waals surface area contributed by atoms with Gasteiger partial charge in [-0.2, -0.15) is 0 Å². The van der Waals surface area contributed by atoms with Crippen molar-refractivity contribution in [2.75, 3.05) is 26.8 Å². The minimum Gasteiger partial charge on any atom is -0.497 e. The smallest absolute Gasteiger partial charge is 0.228 e. The van der Waals surface area contributed by atoms with E-state index in [0.29, 0.717) is 19.1 Å². The molecule has 4 aliphatic carbocycles. The van der Waals surface area contributed by atoms with E-state index in [9.17, 15) is 4.79 Å². The van der Waals surface area contributed by atoms with Crippen molar-refractivity contribution in [2.24, 2.45) is 23.2 Å². The molecule has 140 valence electrons. The number of carbonyl (C=O) groups is 1. The van der Waals surface area contributed by atoms with Crippen LogP contribution in [0.4, 0.5) is 0 Å². The maximum Gasteiger partial charge on any atom is 0.228 e. The van der Waals surface area contributed by atoms with E-state index in [1.807, 2.05) is 12.1 Å². The van der Waals surface area contributed by atoms with Crippen LogP contribution in [0.5, 0.6) is 5.75 Å². The van der Waals surface area contributed by atoms with Crippen LogP contribution < -0.4 is 4.74 Å². The maximum atomic E-state index is 13.6. The van der Waals surface area contributed by atoms with Crippen LogP contribution in [-0.2, 0) is 9.53 Å². The van der Waals surface area contributed by atoms with Crippen LogP contribution >= 0.6 is 0 Å². The van der Waals surface area contributed by atoms with Crippen molar-refractivity contribution in [2.45, 2.75) is 44.6 Å². The van der Waals surface area contributed by atoms with E-state index in [1.54, 1.807) is 7.11 Å². The molecule has 1 unspecified atom stereocenters. The predicted octanol–water partition coefficient (Wildman–Crippen LogP) is 3.81. The second-order valence-electron chi connectivity index (χ2n) is 9.08. The van der Waals surface area contributed by atoms with Gasteiger partial charge >= 0.3 is 0 Å². The molecule has 0 spiro atoms. The summed E-state index contributed by atoms with van der Waals surface area (Å²) < 4.78 is 11.3. The maximum absolute atomic E-state index is 13.6. The van der Waals surface area contributed by atoms with Gasteiger partial charge in [-0.25, -0.2) is 0 Å². The fourth-order valence-electron chi connectivity index (χ4n) is 6.56. The molecule has 1 amide bonds. The van der Waals surface area contributed by atoms with Crippen molar-refractivity contribution in [3.63, 3.8) is 0 Å². The third-order valence-electron chi connectivity index (χ3n) is 7.33. The molecule has 5 aliphatic rings. The molecule has 0 N–H and O–H groups in total. The number of amides is 1. The number of morpholine rings is 1. The minimum atomic E-state index is -0.0451. The topological polar surface area (TPSA) is 38.8 Å². The second-order valence-corrected chi connectivity index (χ2v) is 9.08. The van der Waals surface area contributed by atoms with Gasteiger partial charge in [-0.15, -0.1) is 0 Å². The third-order valence-corrected chi connectivity index (χ3v) is 7.33. The van der Waals surface area contributed by atoms with Crippen molar-refractivity contribution >= 4 is 5.91 Å². The Morgan fingerprint density at radius 3 is 2.27 bits per heavy atom. The number of rotatable bonds is 3.